The van der Waals surface area contributed by atoms with Crippen LogP contribution in [0.4, 0.5) is 10.1 Å². The van der Waals surface area contributed by atoms with Gasteiger partial charge < -0.3 is 10.2 Å². The molecule has 0 radical (unpaired) electrons. The molecule has 6 heteroatoms. The summed E-state index contributed by atoms with van der Waals surface area (Å²) in [6, 6.07) is 12.9. The summed E-state index contributed by atoms with van der Waals surface area (Å²) in [5, 5.41) is 2.90. The van der Waals surface area contributed by atoms with Gasteiger partial charge in [-0.15, -0.1) is 0 Å². The molecule has 1 unspecified atom stereocenters. The van der Waals surface area contributed by atoms with Crippen molar-refractivity contribution < 1.29 is 14.0 Å². The lowest BCUT2D eigenvalue weighted by atomic mass is 9.96. The highest BCUT2D eigenvalue weighted by molar-refractivity contribution is 9.10. The smallest absolute Gasteiger partial charge is 0.253 e. The molecule has 1 aliphatic heterocycles. The Morgan fingerprint density at radius 3 is 2.44 bits per heavy atom. The number of likely N-dealkylation sites (tertiary alicyclic amines) is 1. The lowest BCUT2D eigenvalue weighted by molar-refractivity contribution is -0.121. The Bertz CT molecular complexity index is 762. The SMILES string of the molecule is O=C(Nc1ccc(Br)cc1)C1CCCN(C(=O)c2ccc(F)cc2)C1. The number of nitrogens with one attached hydrogen (secondary N) is 1. The minimum Gasteiger partial charge on any atom is -0.338 e. The van der Waals surface area contributed by atoms with Gasteiger partial charge in [0.15, 0.2) is 0 Å². The molecule has 0 aromatic heterocycles. The number of nitrogens with zero attached hydrogens (tertiary/aromatic N) is 1. The van der Waals surface area contributed by atoms with Crippen molar-refractivity contribution in [1.29, 1.82) is 0 Å². The Hall–Kier alpha value is -2.21. The van der Waals surface area contributed by atoms with Gasteiger partial charge >= 0.3 is 0 Å². The molecule has 25 heavy (non-hydrogen) atoms. The second-order valence-corrected chi connectivity index (χ2v) is 7.01. The predicted molar refractivity (Wildman–Crippen MR) is 97.8 cm³/mol. The number of anilines is 1. The number of amides is 2. The van der Waals surface area contributed by atoms with Crippen LogP contribution in [0.1, 0.15) is 23.2 Å². The molecule has 2 aromatic carbocycles. The summed E-state index contributed by atoms with van der Waals surface area (Å²) < 4.78 is 14.0. The zero-order chi connectivity index (χ0) is 17.8. The lowest BCUT2D eigenvalue weighted by Gasteiger charge is -2.32. The van der Waals surface area contributed by atoms with Crippen molar-refractivity contribution in [3.8, 4) is 0 Å². The third-order valence-electron chi connectivity index (χ3n) is 4.28. The molecule has 0 bridgehead atoms. The van der Waals surface area contributed by atoms with Gasteiger partial charge in [0.05, 0.1) is 5.92 Å². The Morgan fingerprint density at radius 2 is 1.76 bits per heavy atom. The number of benzene rings is 2. The molecular weight excluding hydrogens is 387 g/mol. The van der Waals surface area contributed by atoms with Crippen molar-refractivity contribution in [2.45, 2.75) is 12.8 Å². The number of hydrogen-bond acceptors (Lipinski definition) is 2. The average Bonchev–Trinajstić information content (AvgIpc) is 2.64. The van der Waals surface area contributed by atoms with E-state index < -0.39 is 0 Å². The Labute approximate surface area is 154 Å². The first-order valence-corrected chi connectivity index (χ1v) is 8.93. The monoisotopic (exact) mass is 404 g/mol. The molecule has 0 saturated carbocycles. The normalized spacial score (nSPS) is 17.2. The Balaban J connectivity index is 1.63. The molecule has 4 nitrogen and oxygen atoms in total. The number of piperidine rings is 1. The summed E-state index contributed by atoms with van der Waals surface area (Å²) in [5.41, 5.74) is 1.17. The number of hydrogen-bond donors (Lipinski definition) is 1. The standard InChI is InChI=1S/C19H18BrFN2O2/c20-15-5-9-17(10-6-15)22-18(24)14-2-1-11-23(12-14)19(25)13-3-7-16(21)8-4-13/h3-10,14H,1-2,11-12H2,(H,22,24). The van der Waals surface area contributed by atoms with E-state index in [4.69, 9.17) is 0 Å². The highest BCUT2D eigenvalue weighted by Crippen LogP contribution is 2.21. The maximum Gasteiger partial charge on any atom is 0.253 e. The number of carbonyl (C=O) groups is 2. The summed E-state index contributed by atoms with van der Waals surface area (Å²) in [6.07, 6.45) is 1.51. The van der Waals surface area contributed by atoms with Gasteiger partial charge in [0.1, 0.15) is 5.82 Å². The fraction of sp³-hybridized carbons (Fsp3) is 0.263. The molecule has 0 aliphatic carbocycles. The van der Waals surface area contributed by atoms with Crippen molar-refractivity contribution in [2.75, 3.05) is 18.4 Å². The third-order valence-corrected chi connectivity index (χ3v) is 4.81. The van der Waals surface area contributed by atoms with Gasteiger partial charge in [0, 0.05) is 28.8 Å². The molecule has 1 atom stereocenters. The summed E-state index contributed by atoms with van der Waals surface area (Å²) >= 11 is 3.36. The van der Waals surface area contributed by atoms with Gasteiger partial charge in [-0.25, -0.2) is 4.39 Å². The van der Waals surface area contributed by atoms with E-state index in [0.29, 0.717) is 18.7 Å². The largest absolute Gasteiger partial charge is 0.338 e. The highest BCUT2D eigenvalue weighted by Gasteiger charge is 2.29. The van der Waals surface area contributed by atoms with E-state index in [1.807, 2.05) is 24.3 Å². The molecule has 1 fully saturated rings. The molecule has 1 aliphatic rings. The van der Waals surface area contributed by atoms with Crippen LogP contribution >= 0.6 is 15.9 Å². The summed E-state index contributed by atoms with van der Waals surface area (Å²) in [6.45, 7) is 0.983. The van der Waals surface area contributed by atoms with Crippen LogP contribution in [0.5, 0.6) is 0 Å². The van der Waals surface area contributed by atoms with Crippen LogP contribution in [0.2, 0.25) is 0 Å². The van der Waals surface area contributed by atoms with Crippen molar-refractivity contribution >= 4 is 33.4 Å². The zero-order valence-corrected chi connectivity index (χ0v) is 15.1. The number of rotatable bonds is 3. The molecular formula is C19H18BrFN2O2. The van der Waals surface area contributed by atoms with Crippen molar-refractivity contribution in [2.24, 2.45) is 5.92 Å². The van der Waals surface area contributed by atoms with Crippen LogP contribution in [0.15, 0.2) is 53.0 Å². The maximum absolute atomic E-state index is 13.0. The molecule has 3 rings (SSSR count). The van der Waals surface area contributed by atoms with Crippen LogP contribution in [-0.4, -0.2) is 29.8 Å². The van der Waals surface area contributed by atoms with E-state index in [1.165, 1.54) is 24.3 Å². The fourth-order valence-electron chi connectivity index (χ4n) is 2.93. The second-order valence-electron chi connectivity index (χ2n) is 6.09. The zero-order valence-electron chi connectivity index (χ0n) is 13.5. The third kappa shape index (κ3) is 4.45. The molecule has 1 heterocycles. The van der Waals surface area contributed by atoms with E-state index in [9.17, 15) is 14.0 Å². The van der Waals surface area contributed by atoms with Gasteiger partial charge in [0.25, 0.3) is 5.91 Å². The first-order valence-electron chi connectivity index (χ1n) is 8.14. The van der Waals surface area contributed by atoms with E-state index in [0.717, 1.165) is 23.0 Å². The maximum atomic E-state index is 13.0. The summed E-state index contributed by atoms with van der Waals surface area (Å²) in [7, 11) is 0. The van der Waals surface area contributed by atoms with Crippen LogP contribution in [-0.2, 0) is 4.79 Å². The van der Waals surface area contributed by atoms with Gasteiger partial charge in [-0.3, -0.25) is 9.59 Å². The van der Waals surface area contributed by atoms with E-state index >= 15 is 0 Å². The molecule has 2 aromatic rings. The molecule has 1 N–H and O–H groups in total. The quantitative estimate of drug-likeness (QED) is 0.837. The van der Waals surface area contributed by atoms with Gasteiger partial charge in [-0.2, -0.15) is 0 Å². The summed E-state index contributed by atoms with van der Waals surface area (Å²) in [4.78, 5) is 26.7. The number of carbonyl (C=O) groups excluding carboxylic acids is 2. The first-order chi connectivity index (χ1) is 12.0. The highest BCUT2D eigenvalue weighted by atomic mass is 79.9. The minimum absolute atomic E-state index is 0.0843. The van der Waals surface area contributed by atoms with E-state index in [1.54, 1.807) is 4.90 Å². The van der Waals surface area contributed by atoms with Crippen molar-refractivity contribution in [1.82, 2.24) is 4.90 Å². The predicted octanol–water partition coefficient (Wildman–Crippen LogP) is 4.08. The summed E-state index contributed by atoms with van der Waals surface area (Å²) in [5.74, 6) is -0.871. The van der Waals surface area contributed by atoms with Crippen LogP contribution in [0.25, 0.3) is 0 Å². The first kappa shape index (κ1) is 17.6. The topological polar surface area (TPSA) is 49.4 Å². The second kappa shape index (κ2) is 7.78. The van der Waals surface area contributed by atoms with Gasteiger partial charge in [-0.1, -0.05) is 15.9 Å². The van der Waals surface area contributed by atoms with Gasteiger partial charge in [0.2, 0.25) is 5.91 Å². The Kier molecular flexibility index (Phi) is 5.48. The van der Waals surface area contributed by atoms with Gasteiger partial charge in [-0.05, 0) is 61.4 Å². The van der Waals surface area contributed by atoms with Crippen LogP contribution in [0.3, 0.4) is 0 Å². The van der Waals surface area contributed by atoms with E-state index in [-0.39, 0.29) is 23.5 Å². The molecule has 0 spiro atoms. The van der Waals surface area contributed by atoms with E-state index in [2.05, 4.69) is 21.2 Å². The average molecular weight is 405 g/mol. The van der Waals surface area contributed by atoms with Crippen LogP contribution in [0, 0.1) is 11.7 Å². The van der Waals surface area contributed by atoms with Crippen molar-refractivity contribution in [3.63, 3.8) is 0 Å². The molecule has 130 valence electrons. The Morgan fingerprint density at radius 1 is 1.08 bits per heavy atom. The molecule has 2 amide bonds. The fourth-order valence-corrected chi connectivity index (χ4v) is 3.19. The van der Waals surface area contributed by atoms with Crippen LogP contribution < -0.4 is 5.32 Å². The lowest BCUT2D eigenvalue weighted by Crippen LogP contribution is -2.43. The minimum atomic E-state index is -0.373. The van der Waals surface area contributed by atoms with Crippen molar-refractivity contribution in [3.05, 3.63) is 64.4 Å². The molecule has 1 saturated heterocycles. The number of halogens is 2.